The van der Waals surface area contributed by atoms with Gasteiger partial charge < -0.3 is 24.0 Å². The molecule has 1 amide bonds. The maximum atomic E-state index is 14.0. The molecule has 1 saturated heterocycles. The van der Waals surface area contributed by atoms with Crippen LogP contribution in [-0.2, 0) is 0 Å². The number of hydrogen-bond acceptors (Lipinski definition) is 5. The number of carbonyl (C=O) groups is 1. The van der Waals surface area contributed by atoms with Crippen molar-refractivity contribution in [2.24, 2.45) is 0 Å². The van der Waals surface area contributed by atoms with E-state index in [0.29, 0.717) is 48.6 Å². The number of amides is 1. The smallest absolute Gasteiger partial charge is 0.258 e. The molecule has 0 aliphatic carbocycles. The van der Waals surface area contributed by atoms with Crippen molar-refractivity contribution in [3.8, 4) is 17.2 Å². The average Bonchev–Trinajstić information content (AvgIpc) is 3.08. The van der Waals surface area contributed by atoms with Gasteiger partial charge in [0.05, 0.1) is 19.8 Å². The largest absolute Gasteiger partial charge is 0.490 e. The summed E-state index contributed by atoms with van der Waals surface area (Å²) in [6.07, 6.45) is 0.953. The van der Waals surface area contributed by atoms with Crippen LogP contribution in [0.2, 0.25) is 0 Å². The molecule has 2 aliphatic heterocycles. The van der Waals surface area contributed by atoms with E-state index in [1.165, 1.54) is 11.1 Å². The number of piperidine rings is 1. The minimum absolute atomic E-state index is 0.0166. The summed E-state index contributed by atoms with van der Waals surface area (Å²) < 4.78 is 17.5. The van der Waals surface area contributed by atoms with Gasteiger partial charge in [0.25, 0.3) is 5.91 Å². The van der Waals surface area contributed by atoms with Crippen molar-refractivity contribution >= 4 is 11.6 Å². The first-order valence-corrected chi connectivity index (χ1v) is 11.7. The average molecular weight is 439 g/mol. The molecule has 2 heterocycles. The van der Waals surface area contributed by atoms with Crippen LogP contribution in [-0.4, -0.2) is 56.8 Å². The molecule has 32 heavy (non-hydrogen) atoms. The second-order valence-electron chi connectivity index (χ2n) is 8.56. The van der Waals surface area contributed by atoms with E-state index in [9.17, 15) is 4.79 Å². The van der Waals surface area contributed by atoms with Gasteiger partial charge in [0, 0.05) is 29.8 Å². The van der Waals surface area contributed by atoms with Gasteiger partial charge in [0.1, 0.15) is 0 Å². The van der Waals surface area contributed by atoms with E-state index < -0.39 is 0 Å². The Labute approximate surface area is 191 Å². The number of benzene rings is 2. The van der Waals surface area contributed by atoms with E-state index in [0.717, 1.165) is 25.2 Å². The first kappa shape index (κ1) is 22.5. The number of carbonyl (C=O) groups excluding carboxylic acids is 1. The highest BCUT2D eigenvalue weighted by atomic mass is 16.5. The van der Waals surface area contributed by atoms with E-state index in [2.05, 4.69) is 37.1 Å². The quantitative estimate of drug-likeness (QED) is 0.630. The minimum atomic E-state index is -0.0166. The number of likely N-dealkylation sites (N-methyl/N-ethyl adjacent to an activating group) is 1. The lowest BCUT2D eigenvalue weighted by Gasteiger charge is -2.36. The number of nitrogens with zero attached hydrogens (tertiary/aromatic N) is 2. The zero-order valence-corrected chi connectivity index (χ0v) is 19.8. The summed E-state index contributed by atoms with van der Waals surface area (Å²) in [5.74, 6) is 1.96. The standard InChI is InChI=1S/C26H34N2O4/c1-6-30-23-14-18(15-24(31-7-2)25(23)32-8-3)26(29)28-21-10-9-17(4)13-19(21)20-16-27(5)12-11-22(20)28/h9-10,13-15,20,22H,6-8,11-12,16H2,1-5H3/t20-,22+/m1/s1. The van der Waals surface area contributed by atoms with E-state index in [1.54, 1.807) is 12.1 Å². The van der Waals surface area contributed by atoms with Gasteiger partial charge in [0.15, 0.2) is 11.5 Å². The van der Waals surface area contributed by atoms with Gasteiger partial charge in [-0.05, 0) is 71.5 Å². The SMILES string of the molecule is CCOc1cc(C(=O)N2c3ccc(C)cc3[C@H]3CN(C)CC[C@@H]32)cc(OCC)c1OCC. The van der Waals surface area contributed by atoms with Gasteiger partial charge in [-0.25, -0.2) is 0 Å². The lowest BCUT2D eigenvalue weighted by molar-refractivity contribution is 0.0963. The number of fused-ring (bicyclic) bond motifs is 3. The zero-order chi connectivity index (χ0) is 22.8. The van der Waals surface area contributed by atoms with Gasteiger partial charge in [-0.3, -0.25) is 4.79 Å². The van der Waals surface area contributed by atoms with Crippen LogP contribution in [0.3, 0.4) is 0 Å². The van der Waals surface area contributed by atoms with Gasteiger partial charge in [-0.15, -0.1) is 0 Å². The Morgan fingerprint density at radius 1 is 1.00 bits per heavy atom. The Hall–Kier alpha value is -2.73. The first-order valence-electron chi connectivity index (χ1n) is 11.7. The molecule has 6 nitrogen and oxygen atoms in total. The third kappa shape index (κ3) is 4.04. The Balaban J connectivity index is 1.78. The zero-order valence-electron chi connectivity index (χ0n) is 19.8. The molecular weight excluding hydrogens is 404 g/mol. The third-order valence-electron chi connectivity index (χ3n) is 6.33. The number of likely N-dealkylation sites (tertiary alicyclic amines) is 1. The van der Waals surface area contributed by atoms with Crippen LogP contribution in [0.25, 0.3) is 0 Å². The Morgan fingerprint density at radius 3 is 2.28 bits per heavy atom. The summed E-state index contributed by atoms with van der Waals surface area (Å²) in [5.41, 5.74) is 4.08. The molecule has 0 N–H and O–H groups in total. The predicted molar refractivity (Wildman–Crippen MR) is 127 cm³/mol. The molecule has 6 heteroatoms. The highest BCUT2D eigenvalue weighted by molar-refractivity contribution is 6.08. The van der Waals surface area contributed by atoms with Crippen molar-refractivity contribution < 1.29 is 19.0 Å². The molecule has 1 fully saturated rings. The fraction of sp³-hybridized carbons (Fsp3) is 0.500. The monoisotopic (exact) mass is 438 g/mol. The molecule has 0 radical (unpaired) electrons. The fourth-order valence-electron chi connectivity index (χ4n) is 5.00. The number of aryl methyl sites for hydroxylation is 1. The minimum Gasteiger partial charge on any atom is -0.490 e. The van der Waals surface area contributed by atoms with E-state index in [1.807, 2.05) is 25.7 Å². The van der Waals surface area contributed by atoms with Crippen LogP contribution >= 0.6 is 0 Å². The molecule has 0 aromatic heterocycles. The molecular formula is C26H34N2O4. The Bertz CT molecular complexity index is 963. The molecule has 2 aromatic rings. The van der Waals surface area contributed by atoms with Crippen LogP contribution in [0.1, 0.15) is 54.6 Å². The topological polar surface area (TPSA) is 51.2 Å². The second kappa shape index (κ2) is 9.41. The second-order valence-corrected chi connectivity index (χ2v) is 8.56. The fourth-order valence-corrected chi connectivity index (χ4v) is 5.00. The van der Waals surface area contributed by atoms with Crippen molar-refractivity contribution in [3.05, 3.63) is 47.0 Å². The Morgan fingerprint density at radius 2 is 1.66 bits per heavy atom. The molecule has 2 atom stereocenters. The molecule has 2 aliphatic rings. The van der Waals surface area contributed by atoms with Crippen molar-refractivity contribution in [2.75, 3.05) is 44.9 Å². The first-order chi connectivity index (χ1) is 15.5. The maximum Gasteiger partial charge on any atom is 0.258 e. The summed E-state index contributed by atoms with van der Waals surface area (Å²) in [6.45, 7) is 11.3. The summed E-state index contributed by atoms with van der Waals surface area (Å²) >= 11 is 0. The van der Waals surface area contributed by atoms with Crippen LogP contribution in [0.15, 0.2) is 30.3 Å². The summed E-state index contributed by atoms with van der Waals surface area (Å²) in [6, 6.07) is 10.2. The summed E-state index contributed by atoms with van der Waals surface area (Å²) in [4.78, 5) is 18.3. The molecule has 0 bridgehead atoms. The van der Waals surface area contributed by atoms with Gasteiger partial charge in [0.2, 0.25) is 5.75 Å². The molecule has 0 saturated carbocycles. The van der Waals surface area contributed by atoms with Crippen molar-refractivity contribution in [1.82, 2.24) is 4.90 Å². The van der Waals surface area contributed by atoms with Crippen LogP contribution < -0.4 is 19.1 Å². The van der Waals surface area contributed by atoms with E-state index in [4.69, 9.17) is 14.2 Å². The lowest BCUT2D eigenvalue weighted by atomic mass is 9.88. The van der Waals surface area contributed by atoms with Crippen LogP contribution in [0.5, 0.6) is 17.2 Å². The lowest BCUT2D eigenvalue weighted by Crippen LogP contribution is -2.47. The molecule has 4 rings (SSSR count). The summed E-state index contributed by atoms with van der Waals surface area (Å²) in [7, 11) is 2.16. The van der Waals surface area contributed by atoms with E-state index in [-0.39, 0.29) is 11.9 Å². The number of anilines is 1. The van der Waals surface area contributed by atoms with Crippen molar-refractivity contribution in [1.29, 1.82) is 0 Å². The maximum absolute atomic E-state index is 14.0. The van der Waals surface area contributed by atoms with Crippen molar-refractivity contribution in [3.63, 3.8) is 0 Å². The van der Waals surface area contributed by atoms with Crippen LogP contribution in [0.4, 0.5) is 5.69 Å². The third-order valence-corrected chi connectivity index (χ3v) is 6.33. The molecule has 172 valence electrons. The van der Waals surface area contributed by atoms with Gasteiger partial charge in [-0.1, -0.05) is 17.7 Å². The molecule has 0 unspecified atom stereocenters. The Kier molecular flexibility index (Phi) is 6.60. The van der Waals surface area contributed by atoms with Gasteiger partial charge in [-0.2, -0.15) is 0 Å². The number of ether oxygens (including phenoxy) is 3. The normalized spacial score (nSPS) is 20.0. The highest BCUT2D eigenvalue weighted by Gasteiger charge is 2.44. The number of rotatable bonds is 7. The van der Waals surface area contributed by atoms with Crippen LogP contribution in [0, 0.1) is 6.92 Å². The van der Waals surface area contributed by atoms with Crippen molar-refractivity contribution in [2.45, 2.75) is 46.1 Å². The highest BCUT2D eigenvalue weighted by Crippen LogP contribution is 2.46. The van der Waals surface area contributed by atoms with Gasteiger partial charge >= 0.3 is 0 Å². The predicted octanol–water partition coefficient (Wildman–Crippen LogP) is 4.64. The molecule has 0 spiro atoms. The number of hydrogen-bond donors (Lipinski definition) is 0. The molecule has 2 aromatic carbocycles. The van der Waals surface area contributed by atoms with E-state index >= 15 is 0 Å². The summed E-state index contributed by atoms with van der Waals surface area (Å²) in [5, 5.41) is 0.